The molecule has 0 saturated heterocycles. The van der Waals surface area contributed by atoms with E-state index in [1.807, 2.05) is 13.8 Å². The number of halogens is 2. The van der Waals surface area contributed by atoms with Gasteiger partial charge in [-0.25, -0.2) is 21.9 Å². The molecule has 1 rings (SSSR count). The third-order valence-corrected chi connectivity index (χ3v) is 3.93. The topological polar surface area (TPSA) is 72.2 Å². The van der Waals surface area contributed by atoms with Crippen LogP contribution in [-0.2, 0) is 10.0 Å². The summed E-state index contributed by atoms with van der Waals surface area (Å²) in [7, 11) is -3.87. The maximum atomic E-state index is 13.0. The highest BCUT2D eigenvalue weighted by Crippen LogP contribution is 2.13. The fourth-order valence-electron chi connectivity index (χ4n) is 1.63. The number of benzene rings is 1. The number of sulfonamides is 1. The summed E-state index contributed by atoms with van der Waals surface area (Å²) in [6.07, 6.45) is 0.667. The summed E-state index contributed by atoms with van der Waals surface area (Å²) < 4.78 is 51.7. The molecule has 0 saturated carbocycles. The molecular formula is C12H18F2N2O2S. The quantitative estimate of drug-likeness (QED) is 0.837. The Labute approximate surface area is 112 Å². The first-order valence-electron chi connectivity index (χ1n) is 5.92. The summed E-state index contributed by atoms with van der Waals surface area (Å²) in [4.78, 5) is -0.317. The summed E-state index contributed by atoms with van der Waals surface area (Å²) >= 11 is 0. The molecule has 108 valence electrons. The van der Waals surface area contributed by atoms with Gasteiger partial charge in [-0.05, 0) is 30.5 Å². The van der Waals surface area contributed by atoms with E-state index in [0.29, 0.717) is 18.4 Å². The fraction of sp³-hybridized carbons (Fsp3) is 0.500. The van der Waals surface area contributed by atoms with Crippen molar-refractivity contribution >= 4 is 10.0 Å². The van der Waals surface area contributed by atoms with Gasteiger partial charge in [0.25, 0.3) is 0 Å². The first-order chi connectivity index (χ1) is 8.72. The molecule has 19 heavy (non-hydrogen) atoms. The second-order valence-corrected chi connectivity index (χ2v) is 6.58. The van der Waals surface area contributed by atoms with E-state index in [0.717, 1.165) is 12.1 Å². The van der Waals surface area contributed by atoms with E-state index in [4.69, 9.17) is 5.73 Å². The third kappa shape index (κ3) is 4.85. The molecule has 0 aromatic heterocycles. The molecule has 0 heterocycles. The van der Waals surface area contributed by atoms with Gasteiger partial charge in [-0.15, -0.1) is 0 Å². The summed E-state index contributed by atoms with van der Waals surface area (Å²) in [6.45, 7) is 4.01. The minimum absolute atomic E-state index is 0.0551. The van der Waals surface area contributed by atoms with Crippen molar-refractivity contribution in [2.45, 2.75) is 31.2 Å². The van der Waals surface area contributed by atoms with E-state index in [1.54, 1.807) is 0 Å². The Bertz CT molecular complexity index is 533. The molecule has 3 N–H and O–H groups in total. The molecule has 0 fully saturated rings. The van der Waals surface area contributed by atoms with Crippen LogP contribution in [0.4, 0.5) is 8.78 Å². The molecule has 7 heteroatoms. The van der Waals surface area contributed by atoms with Crippen LogP contribution in [0.25, 0.3) is 0 Å². The van der Waals surface area contributed by atoms with Crippen LogP contribution >= 0.6 is 0 Å². The van der Waals surface area contributed by atoms with Crippen molar-refractivity contribution in [1.82, 2.24) is 4.72 Å². The van der Waals surface area contributed by atoms with Gasteiger partial charge in [-0.1, -0.05) is 13.8 Å². The fourth-order valence-corrected chi connectivity index (χ4v) is 2.74. The van der Waals surface area contributed by atoms with Gasteiger partial charge in [0.05, 0.1) is 4.90 Å². The number of rotatable bonds is 6. The summed E-state index contributed by atoms with van der Waals surface area (Å²) in [5, 5.41) is 0. The average molecular weight is 292 g/mol. The van der Waals surface area contributed by atoms with Crippen molar-refractivity contribution in [2.75, 3.05) is 6.54 Å². The monoisotopic (exact) mass is 292 g/mol. The number of hydrogen-bond acceptors (Lipinski definition) is 3. The highest BCUT2D eigenvalue weighted by Gasteiger charge is 2.17. The van der Waals surface area contributed by atoms with Crippen molar-refractivity contribution in [3.8, 4) is 0 Å². The molecule has 1 unspecified atom stereocenters. The van der Waals surface area contributed by atoms with Crippen LogP contribution in [0.5, 0.6) is 0 Å². The second kappa shape index (κ2) is 6.40. The zero-order valence-corrected chi connectivity index (χ0v) is 11.7. The third-order valence-electron chi connectivity index (χ3n) is 2.51. The Balaban J connectivity index is 2.73. The molecule has 0 spiro atoms. The Kier molecular flexibility index (Phi) is 5.39. The molecular weight excluding hydrogens is 274 g/mol. The predicted octanol–water partition coefficient (Wildman–Crippen LogP) is 1.62. The first-order valence-corrected chi connectivity index (χ1v) is 7.41. The minimum atomic E-state index is -3.87. The lowest BCUT2D eigenvalue weighted by molar-refractivity contribution is 0.484. The zero-order chi connectivity index (χ0) is 14.6. The van der Waals surface area contributed by atoms with Gasteiger partial charge in [-0.2, -0.15) is 0 Å². The predicted molar refractivity (Wildman–Crippen MR) is 69.0 cm³/mol. The summed E-state index contributed by atoms with van der Waals surface area (Å²) in [5.74, 6) is -1.94. The maximum absolute atomic E-state index is 13.0. The SMILES string of the molecule is CC(C)CC(N)CNS(=O)(=O)c1ccc(F)c(F)c1. The number of hydrogen-bond donors (Lipinski definition) is 2. The normalized spacial score (nSPS) is 13.8. The molecule has 1 aromatic carbocycles. The van der Waals surface area contributed by atoms with Gasteiger partial charge in [-0.3, -0.25) is 0 Å². The van der Waals surface area contributed by atoms with Crippen molar-refractivity contribution in [3.05, 3.63) is 29.8 Å². The largest absolute Gasteiger partial charge is 0.327 e. The second-order valence-electron chi connectivity index (χ2n) is 4.82. The standard InChI is InChI=1S/C12H18F2N2O2S/c1-8(2)5-9(15)7-16-19(17,18)10-3-4-11(13)12(14)6-10/h3-4,6,8-9,16H,5,7,15H2,1-2H3. The van der Waals surface area contributed by atoms with Crippen LogP contribution in [-0.4, -0.2) is 21.0 Å². The van der Waals surface area contributed by atoms with E-state index in [-0.39, 0.29) is 17.5 Å². The first kappa shape index (κ1) is 16.0. The van der Waals surface area contributed by atoms with Gasteiger partial charge in [0, 0.05) is 12.6 Å². The molecule has 1 atom stereocenters. The van der Waals surface area contributed by atoms with Crippen molar-refractivity contribution in [1.29, 1.82) is 0 Å². The van der Waals surface area contributed by atoms with Crippen LogP contribution in [0.3, 0.4) is 0 Å². The highest BCUT2D eigenvalue weighted by atomic mass is 32.2. The van der Waals surface area contributed by atoms with Crippen LogP contribution in [0.15, 0.2) is 23.1 Å². The lowest BCUT2D eigenvalue weighted by Gasteiger charge is -2.15. The summed E-state index contributed by atoms with van der Waals surface area (Å²) in [5.41, 5.74) is 5.75. The lowest BCUT2D eigenvalue weighted by atomic mass is 10.1. The number of nitrogens with one attached hydrogen (secondary N) is 1. The maximum Gasteiger partial charge on any atom is 0.240 e. The Morgan fingerprint density at radius 3 is 2.42 bits per heavy atom. The van der Waals surface area contributed by atoms with Crippen molar-refractivity contribution < 1.29 is 17.2 Å². The molecule has 0 radical (unpaired) electrons. The van der Waals surface area contributed by atoms with Crippen LogP contribution in [0.2, 0.25) is 0 Å². The van der Waals surface area contributed by atoms with Crippen LogP contribution < -0.4 is 10.5 Å². The van der Waals surface area contributed by atoms with Gasteiger partial charge >= 0.3 is 0 Å². The Morgan fingerprint density at radius 2 is 1.89 bits per heavy atom. The van der Waals surface area contributed by atoms with E-state index in [1.165, 1.54) is 0 Å². The highest BCUT2D eigenvalue weighted by molar-refractivity contribution is 7.89. The molecule has 0 amide bonds. The van der Waals surface area contributed by atoms with Gasteiger partial charge in [0.1, 0.15) is 0 Å². The average Bonchev–Trinajstić information content (AvgIpc) is 2.29. The molecule has 1 aromatic rings. The zero-order valence-electron chi connectivity index (χ0n) is 10.9. The van der Waals surface area contributed by atoms with E-state index in [2.05, 4.69) is 4.72 Å². The molecule has 0 aliphatic carbocycles. The Hall–Kier alpha value is -1.05. The lowest BCUT2D eigenvalue weighted by Crippen LogP contribution is -2.38. The molecule has 0 bridgehead atoms. The van der Waals surface area contributed by atoms with Gasteiger partial charge in [0.15, 0.2) is 11.6 Å². The number of nitrogens with two attached hydrogens (primary N) is 1. The molecule has 4 nitrogen and oxygen atoms in total. The van der Waals surface area contributed by atoms with Crippen LogP contribution in [0, 0.1) is 17.6 Å². The van der Waals surface area contributed by atoms with Gasteiger partial charge < -0.3 is 5.73 Å². The minimum Gasteiger partial charge on any atom is -0.327 e. The van der Waals surface area contributed by atoms with Crippen molar-refractivity contribution in [3.63, 3.8) is 0 Å². The molecule has 0 aliphatic heterocycles. The Morgan fingerprint density at radius 1 is 1.26 bits per heavy atom. The van der Waals surface area contributed by atoms with E-state index < -0.39 is 21.7 Å². The molecule has 0 aliphatic rings. The van der Waals surface area contributed by atoms with E-state index in [9.17, 15) is 17.2 Å². The van der Waals surface area contributed by atoms with Crippen molar-refractivity contribution in [2.24, 2.45) is 11.7 Å². The van der Waals surface area contributed by atoms with Crippen LogP contribution in [0.1, 0.15) is 20.3 Å². The van der Waals surface area contributed by atoms with Gasteiger partial charge in [0.2, 0.25) is 10.0 Å². The summed E-state index contributed by atoms with van der Waals surface area (Å²) in [6, 6.07) is 2.11. The smallest absolute Gasteiger partial charge is 0.240 e. The van der Waals surface area contributed by atoms with E-state index >= 15 is 0 Å².